The van der Waals surface area contributed by atoms with Gasteiger partial charge in [0.05, 0.1) is 10.7 Å². The molecular weight excluding hydrogens is 212 g/mol. The van der Waals surface area contributed by atoms with E-state index in [4.69, 9.17) is 17.3 Å². The van der Waals surface area contributed by atoms with Crippen LogP contribution in [-0.4, -0.2) is 24.9 Å². The maximum absolute atomic E-state index is 11.3. The van der Waals surface area contributed by atoms with Gasteiger partial charge in [0.25, 0.3) is 0 Å². The molecule has 0 atom stereocenters. The highest BCUT2D eigenvalue weighted by Gasteiger charge is 2.05. The first-order valence-electron chi connectivity index (χ1n) is 4.74. The summed E-state index contributed by atoms with van der Waals surface area (Å²) in [4.78, 5) is 12.9. The summed E-state index contributed by atoms with van der Waals surface area (Å²) in [6.07, 6.45) is 1.19. The van der Waals surface area contributed by atoms with Crippen LogP contribution >= 0.6 is 11.6 Å². The fourth-order valence-corrected chi connectivity index (χ4v) is 1.34. The van der Waals surface area contributed by atoms with Crippen LogP contribution in [0.25, 0.3) is 0 Å². The summed E-state index contributed by atoms with van der Waals surface area (Å²) in [6, 6.07) is 5.46. The SMILES string of the molecule is CN(C)C(=O)CCc1ccc(Cl)c(N)c1. The van der Waals surface area contributed by atoms with E-state index in [2.05, 4.69) is 0 Å². The van der Waals surface area contributed by atoms with E-state index >= 15 is 0 Å². The molecule has 1 aromatic carbocycles. The van der Waals surface area contributed by atoms with Crippen molar-refractivity contribution in [2.45, 2.75) is 12.8 Å². The quantitative estimate of drug-likeness (QED) is 0.801. The molecule has 15 heavy (non-hydrogen) atoms. The van der Waals surface area contributed by atoms with Crippen LogP contribution in [0.3, 0.4) is 0 Å². The number of hydrogen-bond acceptors (Lipinski definition) is 2. The van der Waals surface area contributed by atoms with Gasteiger partial charge in [-0.05, 0) is 24.1 Å². The molecule has 0 unspecified atom stereocenters. The van der Waals surface area contributed by atoms with Crippen LogP contribution < -0.4 is 5.73 Å². The molecule has 0 saturated heterocycles. The molecule has 82 valence electrons. The largest absolute Gasteiger partial charge is 0.398 e. The lowest BCUT2D eigenvalue weighted by molar-refractivity contribution is -0.128. The van der Waals surface area contributed by atoms with Gasteiger partial charge >= 0.3 is 0 Å². The summed E-state index contributed by atoms with van der Waals surface area (Å²) in [5.41, 5.74) is 7.26. The molecule has 1 amide bonds. The Balaban J connectivity index is 2.58. The van der Waals surface area contributed by atoms with Crippen molar-refractivity contribution in [2.24, 2.45) is 0 Å². The number of amides is 1. The van der Waals surface area contributed by atoms with Gasteiger partial charge in [-0.25, -0.2) is 0 Å². The third-order valence-corrected chi connectivity index (χ3v) is 2.53. The number of anilines is 1. The van der Waals surface area contributed by atoms with E-state index in [1.165, 1.54) is 0 Å². The number of benzene rings is 1. The van der Waals surface area contributed by atoms with Crippen LogP contribution in [0.15, 0.2) is 18.2 Å². The Bertz CT molecular complexity index is 364. The molecule has 0 fully saturated rings. The van der Waals surface area contributed by atoms with Crippen LogP contribution in [0, 0.1) is 0 Å². The standard InChI is InChI=1S/C11H15ClN2O/c1-14(2)11(15)6-4-8-3-5-9(12)10(13)7-8/h3,5,7H,4,6,13H2,1-2H3. The summed E-state index contributed by atoms with van der Waals surface area (Å²) in [6.45, 7) is 0. The van der Waals surface area contributed by atoms with Crippen molar-refractivity contribution >= 4 is 23.2 Å². The van der Waals surface area contributed by atoms with Gasteiger partial charge < -0.3 is 10.6 Å². The van der Waals surface area contributed by atoms with Crippen molar-refractivity contribution in [1.29, 1.82) is 0 Å². The first-order valence-corrected chi connectivity index (χ1v) is 5.12. The number of rotatable bonds is 3. The number of aryl methyl sites for hydroxylation is 1. The van der Waals surface area contributed by atoms with E-state index in [-0.39, 0.29) is 5.91 Å². The van der Waals surface area contributed by atoms with E-state index in [0.717, 1.165) is 5.56 Å². The van der Waals surface area contributed by atoms with Crippen LogP contribution in [0.1, 0.15) is 12.0 Å². The zero-order valence-corrected chi connectivity index (χ0v) is 9.71. The Morgan fingerprint density at radius 2 is 2.13 bits per heavy atom. The average molecular weight is 227 g/mol. The van der Waals surface area contributed by atoms with E-state index in [1.807, 2.05) is 12.1 Å². The summed E-state index contributed by atoms with van der Waals surface area (Å²) < 4.78 is 0. The molecule has 1 aromatic rings. The molecule has 2 N–H and O–H groups in total. The lowest BCUT2D eigenvalue weighted by Crippen LogP contribution is -2.21. The van der Waals surface area contributed by atoms with Crippen LogP contribution in [0.5, 0.6) is 0 Å². The third kappa shape index (κ3) is 3.44. The van der Waals surface area contributed by atoms with Crippen molar-refractivity contribution < 1.29 is 4.79 Å². The van der Waals surface area contributed by atoms with E-state index < -0.39 is 0 Å². The predicted octanol–water partition coefficient (Wildman–Crippen LogP) is 1.94. The van der Waals surface area contributed by atoms with Crippen LogP contribution in [0.2, 0.25) is 5.02 Å². The van der Waals surface area contributed by atoms with Gasteiger partial charge in [0.15, 0.2) is 0 Å². The van der Waals surface area contributed by atoms with E-state index in [1.54, 1.807) is 25.1 Å². The van der Waals surface area contributed by atoms with Gasteiger partial charge in [-0.2, -0.15) is 0 Å². The summed E-state index contributed by atoms with van der Waals surface area (Å²) in [7, 11) is 3.50. The van der Waals surface area contributed by atoms with Crippen molar-refractivity contribution in [2.75, 3.05) is 19.8 Å². The summed E-state index contributed by atoms with van der Waals surface area (Å²) in [5, 5.41) is 0.553. The number of halogens is 1. The highest BCUT2D eigenvalue weighted by Crippen LogP contribution is 2.20. The summed E-state index contributed by atoms with van der Waals surface area (Å²) >= 11 is 5.79. The van der Waals surface area contributed by atoms with E-state index in [0.29, 0.717) is 23.6 Å². The lowest BCUT2D eigenvalue weighted by atomic mass is 10.1. The van der Waals surface area contributed by atoms with Crippen molar-refractivity contribution in [3.05, 3.63) is 28.8 Å². The molecule has 0 spiro atoms. The smallest absolute Gasteiger partial charge is 0.222 e. The predicted molar refractivity (Wildman–Crippen MR) is 62.9 cm³/mol. The zero-order chi connectivity index (χ0) is 11.4. The van der Waals surface area contributed by atoms with Gasteiger partial charge in [0.2, 0.25) is 5.91 Å². The minimum absolute atomic E-state index is 0.114. The number of carbonyl (C=O) groups excluding carboxylic acids is 1. The third-order valence-electron chi connectivity index (χ3n) is 2.19. The van der Waals surface area contributed by atoms with Crippen LogP contribution in [0.4, 0.5) is 5.69 Å². The molecule has 4 heteroatoms. The number of nitrogens with two attached hydrogens (primary N) is 1. The Hall–Kier alpha value is -1.22. The Morgan fingerprint density at radius 1 is 1.47 bits per heavy atom. The van der Waals surface area contributed by atoms with Gasteiger partial charge in [-0.3, -0.25) is 4.79 Å². The molecule has 0 radical (unpaired) electrons. The molecule has 0 aliphatic carbocycles. The minimum atomic E-state index is 0.114. The highest BCUT2D eigenvalue weighted by molar-refractivity contribution is 6.33. The Morgan fingerprint density at radius 3 is 2.67 bits per heavy atom. The average Bonchev–Trinajstić information content (AvgIpc) is 2.19. The number of hydrogen-bond donors (Lipinski definition) is 1. The monoisotopic (exact) mass is 226 g/mol. The first-order chi connectivity index (χ1) is 7.00. The Labute approximate surface area is 94.8 Å². The lowest BCUT2D eigenvalue weighted by Gasteiger charge is -2.10. The molecule has 0 heterocycles. The molecule has 0 bridgehead atoms. The fraction of sp³-hybridized carbons (Fsp3) is 0.364. The van der Waals surface area contributed by atoms with Gasteiger partial charge in [-0.15, -0.1) is 0 Å². The molecule has 1 rings (SSSR count). The molecule has 3 nitrogen and oxygen atoms in total. The van der Waals surface area contributed by atoms with Crippen molar-refractivity contribution in [3.63, 3.8) is 0 Å². The summed E-state index contributed by atoms with van der Waals surface area (Å²) in [5.74, 6) is 0.114. The van der Waals surface area contributed by atoms with E-state index in [9.17, 15) is 4.79 Å². The topological polar surface area (TPSA) is 46.3 Å². The molecule has 0 saturated carbocycles. The van der Waals surface area contributed by atoms with Crippen LogP contribution in [-0.2, 0) is 11.2 Å². The first kappa shape index (κ1) is 11.9. The van der Waals surface area contributed by atoms with Crippen molar-refractivity contribution in [3.8, 4) is 0 Å². The normalized spacial score (nSPS) is 10.1. The second-order valence-corrected chi connectivity index (χ2v) is 4.05. The maximum Gasteiger partial charge on any atom is 0.222 e. The fourth-order valence-electron chi connectivity index (χ4n) is 1.22. The van der Waals surface area contributed by atoms with Crippen molar-refractivity contribution in [1.82, 2.24) is 4.90 Å². The molecular formula is C11H15ClN2O. The highest BCUT2D eigenvalue weighted by atomic mass is 35.5. The van der Waals surface area contributed by atoms with Gasteiger partial charge in [0.1, 0.15) is 0 Å². The molecule has 0 aromatic heterocycles. The zero-order valence-electron chi connectivity index (χ0n) is 8.96. The minimum Gasteiger partial charge on any atom is -0.398 e. The Kier molecular flexibility index (Phi) is 3.97. The number of nitrogens with zero attached hydrogens (tertiary/aromatic N) is 1. The number of nitrogen functional groups attached to an aromatic ring is 1. The second kappa shape index (κ2) is 5.03. The molecule has 0 aliphatic heterocycles. The second-order valence-electron chi connectivity index (χ2n) is 3.64. The van der Waals surface area contributed by atoms with Gasteiger partial charge in [-0.1, -0.05) is 17.7 Å². The maximum atomic E-state index is 11.3. The number of carbonyl (C=O) groups is 1. The van der Waals surface area contributed by atoms with Gasteiger partial charge in [0, 0.05) is 20.5 Å². The molecule has 0 aliphatic rings.